The van der Waals surface area contributed by atoms with Crippen molar-refractivity contribution >= 4 is 17.5 Å². The van der Waals surface area contributed by atoms with E-state index in [1.54, 1.807) is 20.8 Å². The fourth-order valence-corrected chi connectivity index (χ4v) is 1.23. The first kappa shape index (κ1) is 13.3. The second kappa shape index (κ2) is 4.61. The molecule has 0 bridgehead atoms. The number of ether oxygens (including phenoxy) is 1. The molecule has 1 aromatic carbocycles. The summed E-state index contributed by atoms with van der Waals surface area (Å²) in [6.45, 7) is 5.29. The molecule has 0 aliphatic carbocycles. The third kappa shape index (κ3) is 3.94. The molecule has 4 nitrogen and oxygen atoms in total. The summed E-state index contributed by atoms with van der Waals surface area (Å²) >= 11 is 0. The number of carbonyl (C=O) groups is 1. The van der Waals surface area contributed by atoms with E-state index in [-0.39, 0.29) is 5.69 Å². The van der Waals surface area contributed by atoms with E-state index in [0.717, 1.165) is 0 Å². The Morgan fingerprint density at radius 2 is 1.94 bits per heavy atom. The molecule has 1 amide bonds. The molecule has 0 atom stereocenters. The Labute approximate surface area is 100 Å². The Bertz CT molecular complexity index is 407. The van der Waals surface area contributed by atoms with Gasteiger partial charge in [-0.25, -0.2) is 9.18 Å². The Hall–Kier alpha value is -1.78. The Kier molecular flexibility index (Phi) is 3.60. The quantitative estimate of drug-likeness (QED) is 0.768. The van der Waals surface area contributed by atoms with E-state index in [1.165, 1.54) is 30.1 Å². The number of carbonyl (C=O) groups excluding carboxylic acids is 1. The molecule has 94 valence electrons. The van der Waals surface area contributed by atoms with Gasteiger partial charge in [-0.15, -0.1) is 0 Å². The molecule has 0 aliphatic rings. The molecule has 1 rings (SSSR count). The van der Waals surface area contributed by atoms with Gasteiger partial charge in [-0.05, 0) is 39.0 Å². The van der Waals surface area contributed by atoms with Crippen molar-refractivity contribution in [1.82, 2.24) is 0 Å². The van der Waals surface area contributed by atoms with Gasteiger partial charge in [0.1, 0.15) is 11.4 Å². The third-order valence-electron chi connectivity index (χ3n) is 1.96. The van der Waals surface area contributed by atoms with Crippen LogP contribution in [0.5, 0.6) is 0 Å². The number of nitrogen functional groups attached to an aromatic ring is 1. The highest BCUT2D eigenvalue weighted by Crippen LogP contribution is 2.20. The van der Waals surface area contributed by atoms with Crippen LogP contribution in [-0.4, -0.2) is 18.7 Å². The first-order valence-corrected chi connectivity index (χ1v) is 5.22. The van der Waals surface area contributed by atoms with E-state index in [2.05, 4.69) is 0 Å². The van der Waals surface area contributed by atoms with Crippen molar-refractivity contribution < 1.29 is 13.9 Å². The first-order valence-electron chi connectivity index (χ1n) is 5.22. The molecule has 5 heteroatoms. The smallest absolute Gasteiger partial charge is 0.414 e. The maximum atomic E-state index is 13.1. The summed E-state index contributed by atoms with van der Waals surface area (Å²) < 4.78 is 18.3. The minimum absolute atomic E-state index is 0.260. The van der Waals surface area contributed by atoms with Crippen molar-refractivity contribution in [3.8, 4) is 0 Å². The van der Waals surface area contributed by atoms with Crippen LogP contribution in [0, 0.1) is 5.82 Å². The van der Waals surface area contributed by atoms with Gasteiger partial charge in [0.25, 0.3) is 0 Å². The summed E-state index contributed by atoms with van der Waals surface area (Å²) in [4.78, 5) is 12.9. The van der Waals surface area contributed by atoms with Crippen molar-refractivity contribution in [3.63, 3.8) is 0 Å². The molecule has 0 heterocycles. The lowest BCUT2D eigenvalue weighted by Gasteiger charge is -2.24. The van der Waals surface area contributed by atoms with Crippen LogP contribution in [0.3, 0.4) is 0 Å². The Morgan fingerprint density at radius 3 is 2.41 bits per heavy atom. The lowest BCUT2D eigenvalue weighted by molar-refractivity contribution is 0.0589. The van der Waals surface area contributed by atoms with Crippen molar-refractivity contribution in [3.05, 3.63) is 24.0 Å². The highest BCUT2D eigenvalue weighted by atomic mass is 19.1. The maximum absolute atomic E-state index is 13.1. The van der Waals surface area contributed by atoms with Crippen LogP contribution in [0.25, 0.3) is 0 Å². The zero-order chi connectivity index (χ0) is 13.2. The molecule has 0 unspecified atom stereocenters. The van der Waals surface area contributed by atoms with E-state index < -0.39 is 17.5 Å². The predicted octanol–water partition coefficient (Wildman–Crippen LogP) is 2.78. The van der Waals surface area contributed by atoms with E-state index >= 15 is 0 Å². The van der Waals surface area contributed by atoms with Gasteiger partial charge in [-0.2, -0.15) is 0 Å². The number of nitrogens with two attached hydrogens (primary N) is 1. The number of anilines is 2. The van der Waals surface area contributed by atoms with Crippen LogP contribution in [0.2, 0.25) is 0 Å². The van der Waals surface area contributed by atoms with Gasteiger partial charge < -0.3 is 10.5 Å². The highest BCUT2D eigenvalue weighted by molar-refractivity contribution is 5.87. The number of amides is 1. The fourth-order valence-electron chi connectivity index (χ4n) is 1.23. The number of hydrogen-bond acceptors (Lipinski definition) is 3. The van der Waals surface area contributed by atoms with Gasteiger partial charge >= 0.3 is 6.09 Å². The third-order valence-corrected chi connectivity index (χ3v) is 1.96. The molecular weight excluding hydrogens is 223 g/mol. The van der Waals surface area contributed by atoms with Gasteiger partial charge in [-0.1, -0.05) is 0 Å². The average molecular weight is 240 g/mol. The summed E-state index contributed by atoms with van der Waals surface area (Å²) in [5, 5.41) is 0. The maximum Gasteiger partial charge on any atom is 0.414 e. The van der Waals surface area contributed by atoms with Crippen LogP contribution in [0.4, 0.5) is 20.6 Å². The molecule has 2 N–H and O–H groups in total. The molecule has 0 saturated carbocycles. The van der Waals surface area contributed by atoms with Crippen LogP contribution in [0.1, 0.15) is 20.8 Å². The summed E-state index contributed by atoms with van der Waals surface area (Å²) in [6, 6.07) is 3.92. The standard InChI is InChI=1S/C12H17FN2O2/c1-12(2,3)17-11(16)15(4)10-6-8(13)5-9(14)7-10/h5-7H,14H2,1-4H3. The normalized spacial score (nSPS) is 11.1. The molecule has 0 spiro atoms. The minimum atomic E-state index is -0.593. The Morgan fingerprint density at radius 1 is 1.35 bits per heavy atom. The Balaban J connectivity index is 2.89. The van der Waals surface area contributed by atoms with Crippen LogP contribution in [0.15, 0.2) is 18.2 Å². The average Bonchev–Trinajstić information content (AvgIpc) is 2.12. The molecule has 0 aromatic heterocycles. The minimum Gasteiger partial charge on any atom is -0.443 e. The van der Waals surface area contributed by atoms with Crippen molar-refractivity contribution in [2.75, 3.05) is 17.7 Å². The van der Waals surface area contributed by atoms with Gasteiger partial charge in [0.05, 0.1) is 5.69 Å². The van der Waals surface area contributed by atoms with Gasteiger partial charge in [0, 0.05) is 12.7 Å². The van der Waals surface area contributed by atoms with Crippen LogP contribution in [-0.2, 0) is 4.74 Å². The van der Waals surface area contributed by atoms with Gasteiger partial charge in [-0.3, -0.25) is 4.90 Å². The van der Waals surface area contributed by atoms with Crippen LogP contribution < -0.4 is 10.6 Å². The summed E-state index contributed by atoms with van der Waals surface area (Å²) in [5.41, 5.74) is 5.53. The molecule has 0 aliphatic heterocycles. The summed E-state index contributed by atoms with van der Waals surface area (Å²) in [5.74, 6) is -0.490. The van der Waals surface area contributed by atoms with E-state index in [9.17, 15) is 9.18 Å². The van der Waals surface area contributed by atoms with E-state index in [1.807, 2.05) is 0 Å². The number of halogens is 1. The second-order valence-corrected chi connectivity index (χ2v) is 4.78. The predicted molar refractivity (Wildman–Crippen MR) is 65.4 cm³/mol. The zero-order valence-electron chi connectivity index (χ0n) is 10.5. The van der Waals surface area contributed by atoms with Crippen molar-refractivity contribution in [2.24, 2.45) is 0 Å². The largest absolute Gasteiger partial charge is 0.443 e. The number of rotatable bonds is 1. The zero-order valence-corrected chi connectivity index (χ0v) is 10.5. The lowest BCUT2D eigenvalue weighted by atomic mass is 10.2. The molecule has 0 saturated heterocycles. The van der Waals surface area contributed by atoms with E-state index in [0.29, 0.717) is 5.69 Å². The summed E-state index contributed by atoms with van der Waals surface area (Å²) in [7, 11) is 1.50. The van der Waals surface area contributed by atoms with Gasteiger partial charge in [0.15, 0.2) is 0 Å². The fraction of sp³-hybridized carbons (Fsp3) is 0.417. The first-order chi connectivity index (χ1) is 7.69. The molecular formula is C12H17FN2O2. The number of nitrogens with zero attached hydrogens (tertiary/aromatic N) is 1. The monoisotopic (exact) mass is 240 g/mol. The second-order valence-electron chi connectivity index (χ2n) is 4.78. The van der Waals surface area contributed by atoms with E-state index in [4.69, 9.17) is 10.5 Å². The number of benzene rings is 1. The molecule has 0 fully saturated rings. The van der Waals surface area contributed by atoms with Crippen LogP contribution >= 0.6 is 0 Å². The molecule has 17 heavy (non-hydrogen) atoms. The highest BCUT2D eigenvalue weighted by Gasteiger charge is 2.20. The topological polar surface area (TPSA) is 55.6 Å². The summed E-state index contributed by atoms with van der Waals surface area (Å²) in [6.07, 6.45) is -0.553. The van der Waals surface area contributed by atoms with Gasteiger partial charge in [0.2, 0.25) is 0 Å². The molecule has 1 aromatic rings. The van der Waals surface area contributed by atoms with Crippen molar-refractivity contribution in [2.45, 2.75) is 26.4 Å². The molecule has 0 radical (unpaired) electrons. The van der Waals surface area contributed by atoms with Crippen molar-refractivity contribution in [1.29, 1.82) is 0 Å². The number of hydrogen-bond donors (Lipinski definition) is 1. The lowest BCUT2D eigenvalue weighted by Crippen LogP contribution is -2.34. The SMILES string of the molecule is CN(C(=O)OC(C)(C)C)c1cc(N)cc(F)c1.